The Kier molecular flexibility index (Phi) is 6.78. The number of carbonyl (C=O) groups is 1. The van der Waals surface area contributed by atoms with E-state index in [1.807, 2.05) is 51.1 Å². The normalized spacial score (nSPS) is 24.6. The minimum Gasteiger partial charge on any atom is -0.436 e. The minimum absolute atomic E-state index is 0.0527. The molecule has 1 aliphatic heterocycles. The summed E-state index contributed by atoms with van der Waals surface area (Å²) in [6.07, 6.45) is 0.249. The van der Waals surface area contributed by atoms with Crippen LogP contribution in [0.4, 0.5) is 0 Å². The van der Waals surface area contributed by atoms with Gasteiger partial charge in [-0.3, -0.25) is 4.79 Å². The van der Waals surface area contributed by atoms with Crippen molar-refractivity contribution in [3.63, 3.8) is 0 Å². The molecule has 134 valence electrons. The summed E-state index contributed by atoms with van der Waals surface area (Å²) in [4.78, 5) is 11.2. The summed E-state index contributed by atoms with van der Waals surface area (Å²) in [6, 6.07) is 10.1. The fraction of sp³-hybridized carbons (Fsp3) is 0.632. The van der Waals surface area contributed by atoms with E-state index in [1.54, 1.807) is 0 Å². The summed E-state index contributed by atoms with van der Waals surface area (Å²) < 4.78 is 22.8. The van der Waals surface area contributed by atoms with Gasteiger partial charge in [0.05, 0.1) is 12.7 Å². The summed E-state index contributed by atoms with van der Waals surface area (Å²) in [5.74, 6) is -0.339. The maximum absolute atomic E-state index is 11.2. The lowest BCUT2D eigenvalue weighted by atomic mass is 9.95. The van der Waals surface area contributed by atoms with Crippen molar-refractivity contribution >= 4 is 5.97 Å². The van der Waals surface area contributed by atoms with Crippen LogP contribution in [0.25, 0.3) is 0 Å². The van der Waals surface area contributed by atoms with Crippen LogP contribution in [0.1, 0.15) is 46.1 Å². The molecule has 1 aromatic rings. The van der Waals surface area contributed by atoms with E-state index in [0.29, 0.717) is 19.6 Å². The van der Waals surface area contributed by atoms with Crippen LogP contribution in [0.5, 0.6) is 0 Å². The average Bonchev–Trinajstić information content (AvgIpc) is 2.51. The minimum atomic E-state index is -0.556. The van der Waals surface area contributed by atoms with Crippen LogP contribution in [0.2, 0.25) is 0 Å². The predicted molar refractivity (Wildman–Crippen MR) is 90.1 cm³/mol. The summed E-state index contributed by atoms with van der Waals surface area (Å²) >= 11 is 0. The number of rotatable bonds is 6. The number of benzene rings is 1. The molecule has 2 rings (SSSR count). The third-order valence-electron chi connectivity index (χ3n) is 3.75. The van der Waals surface area contributed by atoms with Crippen LogP contribution in [0.15, 0.2) is 30.3 Å². The van der Waals surface area contributed by atoms with E-state index in [4.69, 9.17) is 18.9 Å². The number of esters is 1. The Hall–Kier alpha value is -1.43. The van der Waals surface area contributed by atoms with Crippen LogP contribution in [-0.4, -0.2) is 31.3 Å². The van der Waals surface area contributed by atoms with Gasteiger partial charge >= 0.3 is 5.97 Å². The lowest BCUT2D eigenvalue weighted by molar-refractivity contribution is -0.325. The van der Waals surface area contributed by atoms with Crippen LogP contribution >= 0.6 is 0 Å². The van der Waals surface area contributed by atoms with Crippen LogP contribution in [0, 0.1) is 5.41 Å². The third-order valence-corrected chi connectivity index (χ3v) is 3.75. The monoisotopic (exact) mass is 336 g/mol. The number of ether oxygens (including phenoxy) is 4. The van der Waals surface area contributed by atoms with Gasteiger partial charge in [0.1, 0.15) is 0 Å². The lowest BCUT2D eigenvalue weighted by Gasteiger charge is -2.40. The van der Waals surface area contributed by atoms with E-state index in [0.717, 1.165) is 12.0 Å². The molecule has 5 nitrogen and oxygen atoms in total. The van der Waals surface area contributed by atoms with Gasteiger partial charge in [0, 0.05) is 25.4 Å². The van der Waals surface area contributed by atoms with Crippen LogP contribution in [0.3, 0.4) is 0 Å². The van der Waals surface area contributed by atoms with Gasteiger partial charge < -0.3 is 18.9 Å². The zero-order valence-corrected chi connectivity index (χ0v) is 15.0. The lowest BCUT2D eigenvalue weighted by Crippen LogP contribution is -2.46. The first-order chi connectivity index (χ1) is 11.3. The van der Waals surface area contributed by atoms with Gasteiger partial charge in [0.15, 0.2) is 6.29 Å². The molecular weight excluding hydrogens is 308 g/mol. The molecular formula is C19H28O5. The van der Waals surface area contributed by atoms with Crippen molar-refractivity contribution in [1.82, 2.24) is 0 Å². The second-order valence-corrected chi connectivity index (χ2v) is 7.19. The third kappa shape index (κ3) is 6.23. The highest BCUT2D eigenvalue weighted by atomic mass is 16.8. The first-order valence-corrected chi connectivity index (χ1v) is 8.44. The highest BCUT2D eigenvalue weighted by Crippen LogP contribution is 2.32. The molecule has 0 radical (unpaired) electrons. The molecule has 24 heavy (non-hydrogen) atoms. The molecule has 1 fully saturated rings. The highest BCUT2D eigenvalue weighted by molar-refractivity contribution is 5.66. The molecule has 0 spiro atoms. The van der Waals surface area contributed by atoms with Gasteiger partial charge in [0.2, 0.25) is 6.29 Å². The molecule has 1 heterocycles. The van der Waals surface area contributed by atoms with Crippen molar-refractivity contribution in [2.24, 2.45) is 5.41 Å². The van der Waals surface area contributed by atoms with E-state index >= 15 is 0 Å². The van der Waals surface area contributed by atoms with Gasteiger partial charge in [0.25, 0.3) is 0 Å². The first kappa shape index (κ1) is 18.9. The maximum Gasteiger partial charge on any atom is 0.304 e. The molecule has 0 N–H and O–H groups in total. The molecule has 0 saturated carbocycles. The Morgan fingerprint density at radius 2 is 1.92 bits per heavy atom. The molecule has 1 aliphatic rings. The van der Waals surface area contributed by atoms with Crippen molar-refractivity contribution in [2.45, 2.75) is 65.8 Å². The van der Waals surface area contributed by atoms with Gasteiger partial charge in [-0.1, -0.05) is 51.1 Å². The highest BCUT2D eigenvalue weighted by Gasteiger charge is 2.38. The Morgan fingerprint density at radius 1 is 1.21 bits per heavy atom. The molecule has 3 atom stereocenters. The van der Waals surface area contributed by atoms with E-state index in [9.17, 15) is 4.79 Å². The Labute approximate surface area is 144 Å². The van der Waals surface area contributed by atoms with E-state index in [1.165, 1.54) is 6.92 Å². The maximum atomic E-state index is 11.2. The topological polar surface area (TPSA) is 54.0 Å². The molecule has 0 aromatic heterocycles. The zero-order chi connectivity index (χ0) is 17.6. The average molecular weight is 336 g/mol. The van der Waals surface area contributed by atoms with Gasteiger partial charge in [-0.25, -0.2) is 0 Å². The SMILES string of the molecule is CC(=O)OC1C[C@@H](CCOCc2ccccc2)O[C@@H](C(C)(C)C)O1. The van der Waals surface area contributed by atoms with Gasteiger partial charge in [-0.2, -0.15) is 0 Å². The largest absolute Gasteiger partial charge is 0.436 e. The molecule has 1 unspecified atom stereocenters. The number of hydrogen-bond donors (Lipinski definition) is 0. The Bertz CT molecular complexity index is 508. The Morgan fingerprint density at radius 3 is 2.54 bits per heavy atom. The molecule has 0 aliphatic carbocycles. The second kappa shape index (κ2) is 8.60. The molecule has 0 bridgehead atoms. The molecule has 0 amide bonds. The Balaban J connectivity index is 1.82. The van der Waals surface area contributed by atoms with E-state index in [-0.39, 0.29) is 17.5 Å². The molecule has 5 heteroatoms. The standard InChI is InChI=1S/C19H28O5/c1-14(20)22-17-12-16(23-18(24-17)19(2,3)4)10-11-21-13-15-8-6-5-7-9-15/h5-9,16-18H,10-13H2,1-4H3/t16-,17?,18-/m1/s1. The van der Waals surface area contributed by atoms with Crippen LogP contribution < -0.4 is 0 Å². The first-order valence-electron chi connectivity index (χ1n) is 8.44. The van der Waals surface area contributed by atoms with Crippen molar-refractivity contribution in [2.75, 3.05) is 6.61 Å². The molecule has 1 aromatic carbocycles. The molecule has 1 saturated heterocycles. The summed E-state index contributed by atoms with van der Waals surface area (Å²) in [7, 11) is 0. The zero-order valence-electron chi connectivity index (χ0n) is 15.0. The fourth-order valence-electron chi connectivity index (χ4n) is 2.50. The fourth-order valence-corrected chi connectivity index (χ4v) is 2.50. The van der Waals surface area contributed by atoms with E-state index in [2.05, 4.69) is 0 Å². The van der Waals surface area contributed by atoms with Crippen molar-refractivity contribution in [1.29, 1.82) is 0 Å². The van der Waals surface area contributed by atoms with Crippen molar-refractivity contribution in [3.05, 3.63) is 35.9 Å². The van der Waals surface area contributed by atoms with Crippen molar-refractivity contribution < 1.29 is 23.7 Å². The van der Waals surface area contributed by atoms with Crippen LogP contribution in [-0.2, 0) is 30.3 Å². The van der Waals surface area contributed by atoms with E-state index < -0.39 is 12.6 Å². The van der Waals surface area contributed by atoms with Gasteiger partial charge in [-0.05, 0) is 12.0 Å². The quantitative estimate of drug-likeness (QED) is 0.586. The summed E-state index contributed by atoms with van der Waals surface area (Å²) in [5.41, 5.74) is 0.956. The number of carbonyl (C=O) groups excluding carboxylic acids is 1. The summed E-state index contributed by atoms with van der Waals surface area (Å²) in [5, 5.41) is 0. The van der Waals surface area contributed by atoms with Crippen molar-refractivity contribution in [3.8, 4) is 0 Å². The smallest absolute Gasteiger partial charge is 0.304 e. The second-order valence-electron chi connectivity index (χ2n) is 7.19. The van der Waals surface area contributed by atoms with Gasteiger partial charge in [-0.15, -0.1) is 0 Å². The summed E-state index contributed by atoms with van der Waals surface area (Å²) in [6.45, 7) is 8.68. The number of hydrogen-bond acceptors (Lipinski definition) is 5. The predicted octanol–water partition coefficient (Wildman–Crippen LogP) is 3.66.